The summed E-state index contributed by atoms with van der Waals surface area (Å²) in [7, 11) is -3.59. The van der Waals surface area contributed by atoms with Crippen molar-refractivity contribution < 1.29 is 13.2 Å². The van der Waals surface area contributed by atoms with Gasteiger partial charge in [-0.1, -0.05) is 36.3 Å². The van der Waals surface area contributed by atoms with E-state index in [1.165, 1.54) is 39.8 Å². The molecular weight excluding hydrogens is 513 g/mol. The SMILES string of the molecule is Cc1ccc2nc(N(/N=C/c3cccs3)C(=O)c3ccc(S(=O)(=O)N4CCCCCC4)cc3)sc2c1. The van der Waals surface area contributed by atoms with Crippen LogP contribution in [0, 0.1) is 6.92 Å². The van der Waals surface area contributed by atoms with Crippen LogP contribution in [0.5, 0.6) is 0 Å². The molecule has 10 heteroatoms. The molecule has 36 heavy (non-hydrogen) atoms. The zero-order chi connectivity index (χ0) is 25.1. The summed E-state index contributed by atoms with van der Waals surface area (Å²) in [6.45, 7) is 3.08. The maximum atomic E-state index is 13.6. The lowest BCUT2D eigenvalue weighted by atomic mass is 10.2. The summed E-state index contributed by atoms with van der Waals surface area (Å²) in [5.74, 6) is -0.377. The Balaban J connectivity index is 1.45. The van der Waals surface area contributed by atoms with Crippen LogP contribution in [0.2, 0.25) is 0 Å². The molecule has 1 fully saturated rings. The zero-order valence-corrected chi connectivity index (χ0v) is 22.3. The van der Waals surface area contributed by atoms with Crippen LogP contribution < -0.4 is 5.01 Å². The number of fused-ring (bicyclic) bond motifs is 1. The van der Waals surface area contributed by atoms with Gasteiger partial charge in [0, 0.05) is 23.5 Å². The van der Waals surface area contributed by atoms with Gasteiger partial charge in [0.25, 0.3) is 5.91 Å². The second-order valence-electron chi connectivity index (χ2n) is 8.69. The summed E-state index contributed by atoms with van der Waals surface area (Å²) in [4.78, 5) is 19.3. The fraction of sp³-hybridized carbons (Fsp3) is 0.269. The van der Waals surface area contributed by atoms with E-state index < -0.39 is 10.0 Å². The van der Waals surface area contributed by atoms with Crippen molar-refractivity contribution in [2.45, 2.75) is 37.5 Å². The van der Waals surface area contributed by atoms with Gasteiger partial charge >= 0.3 is 0 Å². The fourth-order valence-electron chi connectivity index (χ4n) is 4.10. The van der Waals surface area contributed by atoms with E-state index in [4.69, 9.17) is 0 Å². The van der Waals surface area contributed by atoms with Gasteiger partial charge < -0.3 is 0 Å². The standard InChI is InChI=1S/C26H26N4O3S3/c1-19-8-13-23-24(17-19)35-26(28-23)30(27-18-21-7-6-16-34-21)25(31)20-9-11-22(12-10-20)36(32,33)29-14-4-2-3-5-15-29/h6-13,16-18H,2-5,14-15H2,1H3/b27-18+. The lowest BCUT2D eigenvalue weighted by molar-refractivity contribution is 0.0987. The number of hydrogen-bond acceptors (Lipinski definition) is 7. The van der Waals surface area contributed by atoms with E-state index in [9.17, 15) is 13.2 Å². The number of nitrogens with zero attached hydrogens (tertiary/aromatic N) is 4. The summed E-state index contributed by atoms with van der Waals surface area (Å²) in [6, 6.07) is 15.9. The number of hydrazone groups is 1. The van der Waals surface area contributed by atoms with Crippen LogP contribution in [-0.2, 0) is 10.0 Å². The van der Waals surface area contributed by atoms with Crippen molar-refractivity contribution in [3.8, 4) is 0 Å². The highest BCUT2D eigenvalue weighted by atomic mass is 32.2. The zero-order valence-electron chi connectivity index (χ0n) is 19.8. The molecular formula is C26H26N4O3S3. The van der Waals surface area contributed by atoms with Gasteiger partial charge in [-0.2, -0.15) is 14.4 Å². The van der Waals surface area contributed by atoms with E-state index in [2.05, 4.69) is 10.1 Å². The van der Waals surface area contributed by atoms with Gasteiger partial charge in [-0.05, 0) is 73.2 Å². The van der Waals surface area contributed by atoms with E-state index in [0.29, 0.717) is 23.8 Å². The monoisotopic (exact) mass is 538 g/mol. The predicted octanol–water partition coefficient (Wildman–Crippen LogP) is 5.91. The fourth-order valence-corrected chi connectivity index (χ4v) is 7.22. The molecule has 4 aromatic rings. The maximum Gasteiger partial charge on any atom is 0.280 e. The van der Waals surface area contributed by atoms with E-state index in [1.54, 1.807) is 22.7 Å². The summed E-state index contributed by atoms with van der Waals surface area (Å²) in [6.07, 6.45) is 5.47. The number of rotatable bonds is 6. The van der Waals surface area contributed by atoms with Crippen LogP contribution in [0.15, 0.2) is 70.0 Å². The van der Waals surface area contributed by atoms with E-state index >= 15 is 0 Å². The highest BCUT2D eigenvalue weighted by Gasteiger charge is 2.26. The Morgan fingerprint density at radius 3 is 2.50 bits per heavy atom. The van der Waals surface area contributed by atoms with E-state index in [0.717, 1.165) is 46.3 Å². The number of thiophene rings is 1. The van der Waals surface area contributed by atoms with Crippen molar-refractivity contribution in [1.29, 1.82) is 0 Å². The normalized spacial score (nSPS) is 15.4. The van der Waals surface area contributed by atoms with Crippen molar-refractivity contribution in [3.63, 3.8) is 0 Å². The first-order valence-electron chi connectivity index (χ1n) is 11.8. The van der Waals surface area contributed by atoms with Crippen LogP contribution in [0.4, 0.5) is 5.13 Å². The molecule has 1 saturated heterocycles. The van der Waals surface area contributed by atoms with E-state index in [-0.39, 0.29) is 10.8 Å². The molecule has 2 aromatic carbocycles. The van der Waals surface area contributed by atoms with Gasteiger partial charge in [0.15, 0.2) is 0 Å². The first-order chi connectivity index (χ1) is 17.4. The second-order valence-corrected chi connectivity index (χ2v) is 12.6. The number of anilines is 1. The van der Waals surface area contributed by atoms with Gasteiger partial charge in [-0.3, -0.25) is 4.79 Å². The number of thiazole rings is 1. The molecule has 1 aliphatic heterocycles. The average molecular weight is 539 g/mol. The van der Waals surface area contributed by atoms with E-state index in [1.807, 2.05) is 42.6 Å². The Morgan fingerprint density at radius 1 is 1.06 bits per heavy atom. The van der Waals surface area contributed by atoms with Crippen molar-refractivity contribution in [2.75, 3.05) is 18.1 Å². The third-order valence-corrected chi connectivity index (χ3v) is 9.77. The Labute approximate surface area is 218 Å². The summed E-state index contributed by atoms with van der Waals surface area (Å²) in [5, 5.41) is 8.16. The topological polar surface area (TPSA) is 82.9 Å². The number of carbonyl (C=O) groups excluding carboxylic acids is 1. The van der Waals surface area contributed by atoms with Crippen LogP contribution >= 0.6 is 22.7 Å². The van der Waals surface area contributed by atoms with Gasteiger partial charge in [0.05, 0.1) is 21.3 Å². The Bertz CT molecular complexity index is 1490. The maximum absolute atomic E-state index is 13.6. The van der Waals surface area contributed by atoms with Gasteiger partial charge in [0.1, 0.15) is 0 Å². The van der Waals surface area contributed by atoms with Crippen LogP contribution in [0.25, 0.3) is 10.2 Å². The highest BCUT2D eigenvalue weighted by molar-refractivity contribution is 7.89. The van der Waals surface area contributed by atoms with Gasteiger partial charge in [-0.25, -0.2) is 13.4 Å². The molecule has 1 amide bonds. The summed E-state index contributed by atoms with van der Waals surface area (Å²) in [5.41, 5.74) is 2.24. The molecule has 5 rings (SSSR count). The van der Waals surface area contributed by atoms with Crippen molar-refractivity contribution >= 4 is 60.2 Å². The molecule has 186 valence electrons. The quantitative estimate of drug-likeness (QED) is 0.226. The van der Waals surface area contributed by atoms with Crippen molar-refractivity contribution in [2.24, 2.45) is 5.10 Å². The molecule has 2 aromatic heterocycles. The molecule has 0 saturated carbocycles. The summed E-state index contributed by atoms with van der Waals surface area (Å²) < 4.78 is 28.8. The lowest BCUT2D eigenvalue weighted by Gasteiger charge is -2.20. The van der Waals surface area contributed by atoms with Crippen LogP contribution in [0.3, 0.4) is 0 Å². The number of amides is 1. The lowest BCUT2D eigenvalue weighted by Crippen LogP contribution is -2.32. The highest BCUT2D eigenvalue weighted by Crippen LogP contribution is 2.31. The van der Waals surface area contributed by atoms with Crippen LogP contribution in [-0.4, -0.2) is 42.9 Å². The molecule has 0 bridgehead atoms. The number of hydrogen-bond donors (Lipinski definition) is 0. The number of benzene rings is 2. The first kappa shape index (κ1) is 24.8. The molecule has 0 spiro atoms. The van der Waals surface area contributed by atoms with Crippen molar-refractivity contribution in [1.82, 2.24) is 9.29 Å². The molecule has 7 nitrogen and oxygen atoms in total. The number of carbonyl (C=O) groups is 1. The van der Waals surface area contributed by atoms with Gasteiger partial charge in [0.2, 0.25) is 15.2 Å². The molecule has 1 aliphatic rings. The number of aromatic nitrogens is 1. The third-order valence-electron chi connectivity index (χ3n) is 6.05. The van der Waals surface area contributed by atoms with Gasteiger partial charge in [-0.15, -0.1) is 11.3 Å². The predicted molar refractivity (Wildman–Crippen MR) is 147 cm³/mol. The average Bonchev–Trinajstić information content (AvgIpc) is 3.46. The minimum Gasteiger partial charge on any atom is -0.267 e. The molecule has 3 heterocycles. The molecule has 0 atom stereocenters. The molecule has 0 radical (unpaired) electrons. The second kappa shape index (κ2) is 10.6. The largest absolute Gasteiger partial charge is 0.280 e. The minimum absolute atomic E-state index is 0.199. The smallest absolute Gasteiger partial charge is 0.267 e. The van der Waals surface area contributed by atoms with Crippen LogP contribution in [0.1, 0.15) is 46.5 Å². The Morgan fingerprint density at radius 2 is 1.81 bits per heavy atom. The molecule has 0 unspecified atom stereocenters. The number of aryl methyl sites for hydroxylation is 1. The number of sulfonamides is 1. The van der Waals surface area contributed by atoms with Crippen molar-refractivity contribution in [3.05, 3.63) is 76.0 Å². The first-order valence-corrected chi connectivity index (χ1v) is 14.9. The summed E-state index contributed by atoms with van der Waals surface area (Å²) >= 11 is 2.91. The third kappa shape index (κ3) is 5.27. The molecule has 0 aliphatic carbocycles. The molecule has 0 N–H and O–H groups in total. The Hall–Kier alpha value is -2.92. The Kier molecular flexibility index (Phi) is 7.29. The minimum atomic E-state index is -3.59.